The van der Waals surface area contributed by atoms with E-state index in [4.69, 9.17) is 9.47 Å². The van der Waals surface area contributed by atoms with Crippen LogP contribution in [0.3, 0.4) is 0 Å². The summed E-state index contributed by atoms with van der Waals surface area (Å²) in [5.41, 5.74) is 0.805. The normalized spacial score (nSPS) is 37.8. The molecule has 1 saturated heterocycles. The molecule has 27 heavy (non-hydrogen) atoms. The van der Waals surface area contributed by atoms with E-state index in [-0.39, 0.29) is 23.7 Å². The molecule has 0 spiro atoms. The number of aliphatic hydroxyl groups is 5. The van der Waals surface area contributed by atoms with Crippen LogP contribution in [0, 0.1) is 11.3 Å². The Morgan fingerprint density at radius 2 is 1.89 bits per heavy atom. The molecule has 156 valence electrons. The van der Waals surface area contributed by atoms with E-state index in [1.54, 1.807) is 6.08 Å². The minimum Gasteiger partial charge on any atom is -0.394 e. The summed E-state index contributed by atoms with van der Waals surface area (Å²) in [4.78, 5) is 11.8. The molecule has 7 atom stereocenters. The van der Waals surface area contributed by atoms with Gasteiger partial charge >= 0.3 is 0 Å². The van der Waals surface area contributed by atoms with Crippen LogP contribution in [0.25, 0.3) is 0 Å². The van der Waals surface area contributed by atoms with Gasteiger partial charge in [-0.25, -0.2) is 0 Å². The van der Waals surface area contributed by atoms with Crippen LogP contribution in [0.4, 0.5) is 0 Å². The molecular formula is C19H32O8. The first-order valence-electron chi connectivity index (χ1n) is 9.38. The average Bonchev–Trinajstić information content (AvgIpc) is 2.59. The molecule has 8 nitrogen and oxygen atoms in total. The predicted molar refractivity (Wildman–Crippen MR) is 95.6 cm³/mol. The average molecular weight is 388 g/mol. The van der Waals surface area contributed by atoms with Gasteiger partial charge in [0.2, 0.25) is 0 Å². The highest BCUT2D eigenvalue weighted by Gasteiger charge is 2.45. The van der Waals surface area contributed by atoms with Crippen molar-refractivity contribution in [2.45, 2.75) is 76.8 Å². The zero-order valence-electron chi connectivity index (χ0n) is 16.1. The maximum Gasteiger partial charge on any atom is 0.187 e. The first kappa shape index (κ1) is 22.4. The van der Waals surface area contributed by atoms with Crippen LogP contribution in [0.5, 0.6) is 0 Å². The van der Waals surface area contributed by atoms with Crippen molar-refractivity contribution in [1.82, 2.24) is 0 Å². The maximum atomic E-state index is 11.8. The second-order valence-corrected chi connectivity index (χ2v) is 8.29. The van der Waals surface area contributed by atoms with Gasteiger partial charge in [0.05, 0.1) is 19.3 Å². The van der Waals surface area contributed by atoms with Crippen LogP contribution in [0.15, 0.2) is 11.6 Å². The van der Waals surface area contributed by atoms with Crippen LogP contribution in [-0.4, -0.2) is 81.3 Å². The van der Waals surface area contributed by atoms with Gasteiger partial charge in [0, 0.05) is 6.42 Å². The highest BCUT2D eigenvalue weighted by molar-refractivity contribution is 5.91. The molecule has 0 aromatic rings. The molecule has 0 bridgehead atoms. The topological polar surface area (TPSA) is 137 Å². The van der Waals surface area contributed by atoms with Gasteiger partial charge in [0.15, 0.2) is 12.1 Å². The lowest BCUT2D eigenvalue weighted by Crippen LogP contribution is -2.59. The largest absolute Gasteiger partial charge is 0.394 e. The molecule has 1 heterocycles. The van der Waals surface area contributed by atoms with Crippen LogP contribution < -0.4 is 0 Å². The summed E-state index contributed by atoms with van der Waals surface area (Å²) < 4.78 is 11.0. The van der Waals surface area contributed by atoms with E-state index >= 15 is 0 Å². The number of carbonyl (C=O) groups is 1. The van der Waals surface area contributed by atoms with E-state index in [9.17, 15) is 30.3 Å². The Morgan fingerprint density at radius 1 is 1.22 bits per heavy atom. The Morgan fingerprint density at radius 3 is 2.44 bits per heavy atom. The lowest BCUT2D eigenvalue weighted by molar-refractivity contribution is -0.313. The zero-order chi connectivity index (χ0) is 20.4. The number of ether oxygens (including phenoxy) is 2. The molecule has 1 aliphatic carbocycles. The number of rotatable bonds is 7. The highest BCUT2D eigenvalue weighted by atomic mass is 16.7. The van der Waals surface area contributed by atoms with Crippen molar-refractivity contribution in [3.8, 4) is 0 Å². The summed E-state index contributed by atoms with van der Waals surface area (Å²) in [6.07, 6.45) is -4.19. The molecule has 5 N–H and O–H groups in total. The Bertz CT molecular complexity index is 544. The molecule has 2 rings (SSSR count). The number of hydrogen-bond acceptors (Lipinski definition) is 8. The van der Waals surface area contributed by atoms with E-state index in [1.165, 1.54) is 0 Å². The van der Waals surface area contributed by atoms with Crippen molar-refractivity contribution in [3.05, 3.63) is 11.6 Å². The fourth-order valence-corrected chi connectivity index (χ4v) is 4.14. The van der Waals surface area contributed by atoms with Gasteiger partial charge in [-0.2, -0.15) is 0 Å². The van der Waals surface area contributed by atoms with Gasteiger partial charge in [-0.1, -0.05) is 19.4 Å². The molecule has 0 aromatic heterocycles. The molecular weight excluding hydrogens is 356 g/mol. The maximum absolute atomic E-state index is 11.8. The van der Waals surface area contributed by atoms with Crippen LogP contribution in [0.2, 0.25) is 0 Å². The van der Waals surface area contributed by atoms with Crippen molar-refractivity contribution in [2.75, 3.05) is 13.2 Å². The van der Waals surface area contributed by atoms with Crippen LogP contribution >= 0.6 is 0 Å². The minimum absolute atomic E-state index is 0.116. The lowest BCUT2D eigenvalue weighted by atomic mass is 9.66. The standard InChI is InChI=1S/C19H32O8/c1-10-6-11(22)7-19(2,3)13(10)5-4-12(8-20)26-18-17(25)16(24)15(23)14(9-21)27-18/h6,12-18,20-21,23-25H,4-5,7-9H2,1-3H3/t12-,13?,14-,15-,16+,17-,18-/m1/s1. The number of carbonyl (C=O) groups excluding carboxylic acids is 1. The van der Waals surface area contributed by atoms with Gasteiger partial charge in [-0.3, -0.25) is 4.79 Å². The quantitative estimate of drug-likeness (QED) is 0.394. The number of ketones is 1. The Kier molecular flexibility index (Phi) is 7.54. The molecule has 1 unspecified atom stereocenters. The first-order valence-corrected chi connectivity index (χ1v) is 9.38. The molecule has 0 radical (unpaired) electrons. The number of aliphatic hydroxyl groups excluding tert-OH is 5. The Balaban J connectivity index is 1.99. The van der Waals surface area contributed by atoms with Crippen LogP contribution in [0.1, 0.15) is 40.0 Å². The van der Waals surface area contributed by atoms with E-state index in [0.29, 0.717) is 19.3 Å². The smallest absolute Gasteiger partial charge is 0.187 e. The third-order valence-electron chi connectivity index (χ3n) is 5.67. The second-order valence-electron chi connectivity index (χ2n) is 8.29. The van der Waals surface area contributed by atoms with Gasteiger partial charge in [-0.05, 0) is 37.2 Å². The van der Waals surface area contributed by atoms with Crippen molar-refractivity contribution in [1.29, 1.82) is 0 Å². The molecule has 0 aromatic carbocycles. The summed E-state index contributed by atoms with van der Waals surface area (Å²) in [6, 6.07) is 0. The summed E-state index contributed by atoms with van der Waals surface area (Å²) >= 11 is 0. The predicted octanol–water partition coefficient (Wildman–Crippen LogP) is -0.494. The van der Waals surface area contributed by atoms with Gasteiger partial charge < -0.3 is 35.0 Å². The summed E-state index contributed by atoms with van der Waals surface area (Å²) in [5, 5.41) is 48.6. The first-order chi connectivity index (χ1) is 12.6. The fraction of sp³-hybridized carbons (Fsp3) is 0.842. The number of hydrogen-bond donors (Lipinski definition) is 5. The lowest BCUT2D eigenvalue weighted by Gasteiger charge is -2.41. The SMILES string of the molecule is CC1=CC(=O)CC(C)(C)C1CC[C@H](CO)O[C@@H]1O[C@H](CO)[C@@H](O)[C@H](O)[C@H]1O. The van der Waals surface area contributed by atoms with E-state index in [2.05, 4.69) is 0 Å². The summed E-state index contributed by atoms with van der Waals surface area (Å²) in [5.74, 6) is 0.271. The van der Waals surface area contributed by atoms with E-state index in [0.717, 1.165) is 5.57 Å². The van der Waals surface area contributed by atoms with Crippen molar-refractivity contribution in [3.63, 3.8) is 0 Å². The molecule has 1 aliphatic heterocycles. The third kappa shape index (κ3) is 5.14. The summed E-state index contributed by atoms with van der Waals surface area (Å²) in [6.45, 7) is 5.15. The second kappa shape index (κ2) is 9.09. The number of allylic oxidation sites excluding steroid dienone is 2. The molecule has 0 saturated carbocycles. The summed E-state index contributed by atoms with van der Waals surface area (Å²) in [7, 11) is 0. The fourth-order valence-electron chi connectivity index (χ4n) is 4.14. The van der Waals surface area contributed by atoms with Gasteiger partial charge in [0.1, 0.15) is 24.4 Å². The zero-order valence-corrected chi connectivity index (χ0v) is 16.1. The third-order valence-corrected chi connectivity index (χ3v) is 5.67. The van der Waals surface area contributed by atoms with E-state index < -0.39 is 43.4 Å². The minimum atomic E-state index is -1.52. The van der Waals surface area contributed by atoms with E-state index in [1.807, 2.05) is 20.8 Å². The van der Waals surface area contributed by atoms with Gasteiger partial charge in [0.25, 0.3) is 0 Å². The Hall–Kier alpha value is -0.870. The van der Waals surface area contributed by atoms with Crippen molar-refractivity contribution < 1.29 is 39.8 Å². The highest BCUT2D eigenvalue weighted by Crippen LogP contribution is 2.42. The molecule has 0 amide bonds. The molecule has 2 aliphatic rings. The van der Waals surface area contributed by atoms with Crippen molar-refractivity contribution in [2.24, 2.45) is 11.3 Å². The monoisotopic (exact) mass is 388 g/mol. The van der Waals surface area contributed by atoms with Crippen molar-refractivity contribution >= 4 is 5.78 Å². The molecule has 1 fully saturated rings. The molecule has 8 heteroatoms. The van der Waals surface area contributed by atoms with Gasteiger partial charge in [-0.15, -0.1) is 0 Å². The van der Waals surface area contributed by atoms with Crippen LogP contribution in [-0.2, 0) is 14.3 Å². The Labute approximate surface area is 159 Å².